The van der Waals surface area contributed by atoms with E-state index in [1.807, 2.05) is 24.8 Å². The molecule has 2 atom stereocenters. The molecule has 1 heterocycles. The molecule has 1 fully saturated rings. The van der Waals surface area contributed by atoms with Gasteiger partial charge < -0.3 is 15.1 Å². The van der Waals surface area contributed by atoms with Crippen molar-refractivity contribution in [1.29, 1.82) is 0 Å². The number of carbonyl (C=O) groups is 2. The Morgan fingerprint density at radius 2 is 1.73 bits per heavy atom. The fraction of sp³-hybridized carbons (Fsp3) is 0.481. The number of carbonyl (C=O) groups excluding carboxylic acids is 2. The van der Waals surface area contributed by atoms with E-state index in [2.05, 4.69) is 5.32 Å². The van der Waals surface area contributed by atoms with Crippen molar-refractivity contribution >= 4 is 40.7 Å². The van der Waals surface area contributed by atoms with Crippen molar-refractivity contribution in [3.05, 3.63) is 63.1 Å². The van der Waals surface area contributed by atoms with Crippen LogP contribution in [0.15, 0.2) is 36.4 Å². The molecule has 1 aliphatic rings. The van der Waals surface area contributed by atoms with E-state index in [0.29, 0.717) is 66.7 Å². The van der Waals surface area contributed by atoms with Crippen molar-refractivity contribution in [2.75, 3.05) is 31.1 Å². The lowest BCUT2D eigenvalue weighted by Crippen LogP contribution is -2.49. The molecule has 0 bridgehead atoms. The van der Waals surface area contributed by atoms with Gasteiger partial charge in [0.2, 0.25) is 11.8 Å². The number of aryl methyl sites for hydroxylation is 1. The minimum Gasteiger partial charge on any atom is -0.368 e. The second-order valence-electron chi connectivity index (χ2n) is 9.44. The first-order valence-electron chi connectivity index (χ1n) is 12.4. The van der Waals surface area contributed by atoms with Gasteiger partial charge in [-0.15, -0.1) is 0 Å². The summed E-state index contributed by atoms with van der Waals surface area (Å²) < 4.78 is 40.7. The van der Waals surface area contributed by atoms with Crippen LogP contribution in [0.4, 0.5) is 18.9 Å². The van der Waals surface area contributed by atoms with Crippen LogP contribution in [0.1, 0.15) is 56.3 Å². The maximum absolute atomic E-state index is 13.6. The molecule has 0 aromatic heterocycles. The predicted molar refractivity (Wildman–Crippen MR) is 141 cm³/mol. The third kappa shape index (κ3) is 7.54. The maximum Gasteiger partial charge on any atom is 0.416 e. The molecule has 0 radical (unpaired) electrons. The van der Waals surface area contributed by atoms with Crippen LogP contribution in [0.5, 0.6) is 0 Å². The number of anilines is 1. The van der Waals surface area contributed by atoms with Gasteiger partial charge in [-0.2, -0.15) is 13.2 Å². The monoisotopic (exact) mass is 557 g/mol. The average Bonchev–Trinajstić information content (AvgIpc) is 2.85. The van der Waals surface area contributed by atoms with Crippen LogP contribution in [0.3, 0.4) is 0 Å². The fourth-order valence-electron chi connectivity index (χ4n) is 4.57. The molecule has 1 unspecified atom stereocenters. The Hall–Kier alpha value is -2.45. The Balaban J connectivity index is 1.76. The van der Waals surface area contributed by atoms with E-state index < -0.39 is 17.8 Å². The van der Waals surface area contributed by atoms with Crippen molar-refractivity contribution in [2.24, 2.45) is 5.92 Å². The minimum atomic E-state index is -4.50. The normalized spacial score (nSPS) is 15.9. The average molecular weight is 558 g/mol. The van der Waals surface area contributed by atoms with E-state index in [0.717, 1.165) is 17.7 Å². The summed E-state index contributed by atoms with van der Waals surface area (Å²) in [5, 5.41) is 3.91. The molecule has 202 valence electrons. The molecule has 3 rings (SSSR count). The van der Waals surface area contributed by atoms with Crippen LogP contribution in [-0.4, -0.2) is 42.9 Å². The van der Waals surface area contributed by atoms with Crippen molar-refractivity contribution in [2.45, 2.75) is 52.3 Å². The highest BCUT2D eigenvalue weighted by molar-refractivity contribution is 6.35. The highest BCUT2D eigenvalue weighted by Gasteiger charge is 2.34. The van der Waals surface area contributed by atoms with Crippen LogP contribution in [0.2, 0.25) is 10.0 Å². The summed E-state index contributed by atoms with van der Waals surface area (Å²) in [6, 6.07) is 8.34. The zero-order valence-corrected chi connectivity index (χ0v) is 22.7. The van der Waals surface area contributed by atoms with E-state index in [1.54, 1.807) is 17.0 Å². The van der Waals surface area contributed by atoms with Crippen LogP contribution in [-0.2, 0) is 22.2 Å². The van der Waals surface area contributed by atoms with Gasteiger partial charge in [0.15, 0.2) is 0 Å². The molecule has 0 saturated carbocycles. The molecule has 0 aliphatic carbocycles. The van der Waals surface area contributed by atoms with Crippen LogP contribution in [0, 0.1) is 5.92 Å². The number of amides is 2. The second kappa shape index (κ2) is 12.4. The van der Waals surface area contributed by atoms with Gasteiger partial charge >= 0.3 is 6.18 Å². The zero-order chi connectivity index (χ0) is 27.3. The summed E-state index contributed by atoms with van der Waals surface area (Å²) in [4.78, 5) is 28.5. The highest BCUT2D eigenvalue weighted by Crippen LogP contribution is 2.38. The lowest BCUT2D eigenvalue weighted by Gasteiger charge is -2.38. The molecule has 2 amide bonds. The lowest BCUT2D eigenvalue weighted by molar-refractivity contribution is -0.137. The summed E-state index contributed by atoms with van der Waals surface area (Å²) in [5.41, 5.74) is 1.18. The van der Waals surface area contributed by atoms with Gasteiger partial charge in [-0.1, -0.05) is 49.5 Å². The molecule has 1 N–H and O–H groups in total. The van der Waals surface area contributed by atoms with Crippen LogP contribution in [0.25, 0.3) is 0 Å². The van der Waals surface area contributed by atoms with Gasteiger partial charge in [-0.05, 0) is 53.8 Å². The summed E-state index contributed by atoms with van der Waals surface area (Å²) in [6.45, 7) is 7.05. The van der Waals surface area contributed by atoms with E-state index in [-0.39, 0.29) is 17.7 Å². The van der Waals surface area contributed by atoms with Gasteiger partial charge in [0, 0.05) is 55.3 Å². The fourth-order valence-corrected chi connectivity index (χ4v) is 5.07. The number of halogens is 5. The van der Waals surface area contributed by atoms with Crippen molar-refractivity contribution in [3.63, 3.8) is 0 Å². The van der Waals surface area contributed by atoms with Gasteiger partial charge in [0.25, 0.3) is 0 Å². The summed E-state index contributed by atoms with van der Waals surface area (Å²) in [7, 11) is 0. The van der Waals surface area contributed by atoms with Gasteiger partial charge in [0.1, 0.15) is 0 Å². The molecule has 1 aliphatic heterocycles. The number of hydrogen-bond acceptors (Lipinski definition) is 3. The SMILES string of the molecule is CCC(C)[C@H](NC(C)=O)c1cc(C(F)(F)F)ccc1N1CCN(C(=O)CCc2ccc(Cl)cc2Cl)CC1. The maximum atomic E-state index is 13.6. The first-order valence-corrected chi connectivity index (χ1v) is 13.1. The summed E-state index contributed by atoms with van der Waals surface area (Å²) >= 11 is 12.2. The highest BCUT2D eigenvalue weighted by atomic mass is 35.5. The molecule has 2 aromatic carbocycles. The molecule has 1 saturated heterocycles. The first kappa shape index (κ1) is 29.1. The Morgan fingerprint density at radius 3 is 2.30 bits per heavy atom. The third-order valence-corrected chi connectivity index (χ3v) is 7.44. The number of rotatable bonds is 8. The summed E-state index contributed by atoms with van der Waals surface area (Å²) in [6.07, 6.45) is -3.03. The van der Waals surface area contributed by atoms with Gasteiger partial charge in [0.05, 0.1) is 11.6 Å². The molecule has 2 aromatic rings. The molecular weight excluding hydrogens is 526 g/mol. The van der Waals surface area contributed by atoms with E-state index in [1.165, 1.54) is 13.0 Å². The predicted octanol–water partition coefficient (Wildman–Crippen LogP) is 6.52. The van der Waals surface area contributed by atoms with E-state index in [9.17, 15) is 22.8 Å². The van der Waals surface area contributed by atoms with Crippen molar-refractivity contribution < 1.29 is 22.8 Å². The molecular formula is C27H32Cl2F3N3O2. The topological polar surface area (TPSA) is 52.7 Å². The third-order valence-electron chi connectivity index (χ3n) is 6.86. The Labute approximate surface area is 225 Å². The summed E-state index contributed by atoms with van der Waals surface area (Å²) in [5.74, 6) is -0.382. The number of nitrogens with zero attached hydrogens (tertiary/aromatic N) is 2. The number of piperazine rings is 1. The zero-order valence-electron chi connectivity index (χ0n) is 21.2. The molecule has 10 heteroatoms. The number of alkyl halides is 3. The lowest BCUT2D eigenvalue weighted by atomic mass is 9.89. The number of nitrogens with one attached hydrogen (secondary N) is 1. The van der Waals surface area contributed by atoms with Crippen molar-refractivity contribution in [3.8, 4) is 0 Å². The van der Waals surface area contributed by atoms with Gasteiger partial charge in [-0.25, -0.2) is 0 Å². The smallest absolute Gasteiger partial charge is 0.368 e. The van der Waals surface area contributed by atoms with E-state index in [4.69, 9.17) is 23.2 Å². The largest absolute Gasteiger partial charge is 0.416 e. The van der Waals surface area contributed by atoms with E-state index >= 15 is 0 Å². The standard InChI is InChI=1S/C27H32Cl2F3N3O2/c1-4-17(2)26(33-18(3)36)22-15-20(27(30,31)32)7-9-24(22)34-11-13-35(14-12-34)25(37)10-6-19-5-8-21(28)16-23(19)29/h5,7-9,15-17,26H,4,6,10-14H2,1-3H3,(H,33,36)/t17?,26-/m0/s1. The Morgan fingerprint density at radius 1 is 1.05 bits per heavy atom. The quantitative estimate of drug-likeness (QED) is 0.402. The van der Waals surface area contributed by atoms with Crippen LogP contribution >= 0.6 is 23.2 Å². The van der Waals surface area contributed by atoms with Crippen LogP contribution < -0.4 is 10.2 Å². The first-order chi connectivity index (χ1) is 17.4. The van der Waals surface area contributed by atoms with Crippen molar-refractivity contribution in [1.82, 2.24) is 10.2 Å². The molecule has 37 heavy (non-hydrogen) atoms. The van der Waals surface area contributed by atoms with Gasteiger partial charge in [-0.3, -0.25) is 9.59 Å². The number of benzene rings is 2. The second-order valence-corrected chi connectivity index (χ2v) is 10.3. The molecule has 5 nitrogen and oxygen atoms in total. The minimum absolute atomic E-state index is 0.00552. The Kier molecular flexibility index (Phi) is 9.75. The number of hydrogen-bond donors (Lipinski definition) is 1. The molecule has 0 spiro atoms. The Bertz CT molecular complexity index is 1120.